The van der Waals surface area contributed by atoms with Crippen LogP contribution in [0.1, 0.15) is 22.1 Å². The molecule has 1 fully saturated rings. The molecule has 2 rings (SSSR count). The number of benzene rings is 1. The number of hydrogen-bond donors (Lipinski definition) is 2. The van der Waals surface area contributed by atoms with Crippen LogP contribution in [0.4, 0.5) is 0 Å². The Labute approximate surface area is 99.2 Å². The van der Waals surface area contributed by atoms with Gasteiger partial charge in [0.1, 0.15) is 6.04 Å². The van der Waals surface area contributed by atoms with Gasteiger partial charge < -0.3 is 5.11 Å². The molecule has 4 heteroatoms. The molecule has 0 aromatic heterocycles. The Morgan fingerprint density at radius 3 is 2.75 bits per heavy atom. The summed E-state index contributed by atoms with van der Waals surface area (Å²) >= 11 is 1.65. The minimum atomic E-state index is -0.765. The van der Waals surface area contributed by atoms with Crippen molar-refractivity contribution in [3.63, 3.8) is 0 Å². The van der Waals surface area contributed by atoms with E-state index in [1.165, 1.54) is 11.1 Å². The third kappa shape index (κ3) is 2.23. The monoisotopic (exact) mass is 237 g/mol. The van der Waals surface area contributed by atoms with Crippen LogP contribution in [0.2, 0.25) is 0 Å². The topological polar surface area (TPSA) is 49.3 Å². The van der Waals surface area contributed by atoms with Crippen molar-refractivity contribution in [3.05, 3.63) is 34.9 Å². The Morgan fingerprint density at radius 1 is 1.44 bits per heavy atom. The first kappa shape index (κ1) is 11.5. The minimum Gasteiger partial charge on any atom is -0.480 e. The molecule has 86 valence electrons. The molecule has 0 bridgehead atoms. The molecule has 1 aliphatic rings. The molecule has 0 saturated carbocycles. The van der Waals surface area contributed by atoms with Gasteiger partial charge in [-0.1, -0.05) is 18.2 Å². The first-order valence-corrected chi connectivity index (χ1v) is 6.30. The van der Waals surface area contributed by atoms with Crippen LogP contribution in [0.15, 0.2) is 18.2 Å². The highest BCUT2D eigenvalue weighted by Gasteiger charge is 2.30. The normalized spacial score (nSPS) is 24.6. The smallest absolute Gasteiger partial charge is 0.321 e. The Morgan fingerprint density at radius 2 is 2.19 bits per heavy atom. The summed E-state index contributed by atoms with van der Waals surface area (Å²) in [4.78, 5) is 10.8. The number of carboxylic acids is 1. The zero-order chi connectivity index (χ0) is 11.7. The van der Waals surface area contributed by atoms with E-state index in [0.29, 0.717) is 5.75 Å². The van der Waals surface area contributed by atoms with Gasteiger partial charge in [-0.3, -0.25) is 10.1 Å². The van der Waals surface area contributed by atoms with E-state index in [-0.39, 0.29) is 5.37 Å². The van der Waals surface area contributed by atoms with E-state index >= 15 is 0 Å². The third-order valence-corrected chi connectivity index (χ3v) is 4.18. The van der Waals surface area contributed by atoms with Crippen LogP contribution in [0, 0.1) is 13.8 Å². The molecule has 16 heavy (non-hydrogen) atoms. The van der Waals surface area contributed by atoms with E-state index in [2.05, 4.69) is 37.4 Å². The van der Waals surface area contributed by atoms with Gasteiger partial charge in [-0.15, -0.1) is 11.8 Å². The van der Waals surface area contributed by atoms with Gasteiger partial charge in [0.2, 0.25) is 0 Å². The van der Waals surface area contributed by atoms with Crippen LogP contribution in [0.25, 0.3) is 0 Å². The highest BCUT2D eigenvalue weighted by atomic mass is 32.2. The highest BCUT2D eigenvalue weighted by molar-refractivity contribution is 7.99. The van der Waals surface area contributed by atoms with Crippen molar-refractivity contribution in [3.8, 4) is 0 Å². The highest BCUT2D eigenvalue weighted by Crippen LogP contribution is 2.33. The Bertz CT molecular complexity index is 419. The van der Waals surface area contributed by atoms with E-state index in [1.807, 2.05) is 0 Å². The zero-order valence-electron chi connectivity index (χ0n) is 9.36. The van der Waals surface area contributed by atoms with Crippen LogP contribution in [-0.4, -0.2) is 22.9 Å². The standard InChI is InChI=1S/C12H15NO2S/c1-7-3-4-9(5-8(7)2)11-13-10(6-16-11)12(14)15/h3-5,10-11,13H,6H2,1-2H3,(H,14,15)/t10-,11?/m0/s1. The SMILES string of the molecule is Cc1ccc(C2N[C@H](C(=O)O)CS2)cc1C. The Balaban J connectivity index is 2.14. The Hall–Kier alpha value is -1.00. The number of nitrogens with one attached hydrogen (secondary N) is 1. The summed E-state index contributed by atoms with van der Waals surface area (Å²) in [6.07, 6.45) is 0. The van der Waals surface area contributed by atoms with Crippen molar-refractivity contribution in [1.29, 1.82) is 0 Å². The number of carboxylic acid groups (broad SMARTS) is 1. The van der Waals surface area contributed by atoms with Crippen LogP contribution < -0.4 is 5.32 Å². The van der Waals surface area contributed by atoms with Crippen molar-refractivity contribution in [2.75, 3.05) is 5.75 Å². The first-order chi connectivity index (χ1) is 7.58. The molecule has 1 heterocycles. The van der Waals surface area contributed by atoms with Gasteiger partial charge in [-0.2, -0.15) is 0 Å². The van der Waals surface area contributed by atoms with Gasteiger partial charge in [-0.25, -0.2) is 0 Å². The maximum absolute atomic E-state index is 10.8. The molecule has 0 spiro atoms. The van der Waals surface area contributed by atoms with Crippen molar-refractivity contribution in [2.24, 2.45) is 0 Å². The molecule has 1 saturated heterocycles. The average molecular weight is 237 g/mol. The van der Waals surface area contributed by atoms with Gasteiger partial charge in [0.05, 0.1) is 5.37 Å². The van der Waals surface area contributed by atoms with Crippen LogP contribution in [0.3, 0.4) is 0 Å². The van der Waals surface area contributed by atoms with E-state index < -0.39 is 12.0 Å². The molecule has 2 N–H and O–H groups in total. The summed E-state index contributed by atoms with van der Waals surface area (Å²) in [7, 11) is 0. The lowest BCUT2D eigenvalue weighted by atomic mass is 10.1. The van der Waals surface area contributed by atoms with Gasteiger partial charge in [0.15, 0.2) is 0 Å². The molecule has 2 atom stereocenters. The molecule has 0 aliphatic carbocycles. The molecule has 1 aliphatic heterocycles. The van der Waals surface area contributed by atoms with Crippen molar-refractivity contribution in [1.82, 2.24) is 5.32 Å². The molecule has 1 unspecified atom stereocenters. The predicted octanol–water partition coefficient (Wildman–Crippen LogP) is 2.09. The van der Waals surface area contributed by atoms with E-state index in [9.17, 15) is 4.79 Å². The quantitative estimate of drug-likeness (QED) is 0.827. The summed E-state index contributed by atoms with van der Waals surface area (Å²) < 4.78 is 0. The Kier molecular flexibility index (Phi) is 3.21. The second-order valence-electron chi connectivity index (χ2n) is 4.11. The van der Waals surface area contributed by atoms with E-state index in [4.69, 9.17) is 5.11 Å². The number of carbonyl (C=O) groups is 1. The number of aliphatic carboxylic acids is 1. The van der Waals surface area contributed by atoms with Gasteiger partial charge >= 0.3 is 5.97 Å². The summed E-state index contributed by atoms with van der Waals surface area (Å²) in [5.74, 6) is -0.133. The van der Waals surface area contributed by atoms with Crippen LogP contribution >= 0.6 is 11.8 Å². The zero-order valence-corrected chi connectivity index (χ0v) is 10.2. The van der Waals surface area contributed by atoms with Gasteiger partial charge in [0, 0.05) is 5.75 Å². The maximum atomic E-state index is 10.8. The van der Waals surface area contributed by atoms with Crippen molar-refractivity contribution in [2.45, 2.75) is 25.3 Å². The second kappa shape index (κ2) is 4.47. The lowest BCUT2D eigenvalue weighted by Crippen LogP contribution is -2.33. The average Bonchev–Trinajstić information content (AvgIpc) is 2.71. The van der Waals surface area contributed by atoms with Gasteiger partial charge in [-0.05, 0) is 30.5 Å². The predicted molar refractivity (Wildman–Crippen MR) is 65.7 cm³/mol. The molecule has 3 nitrogen and oxygen atoms in total. The number of rotatable bonds is 2. The molecule has 0 radical (unpaired) electrons. The molecular weight excluding hydrogens is 222 g/mol. The fraction of sp³-hybridized carbons (Fsp3) is 0.417. The second-order valence-corrected chi connectivity index (χ2v) is 5.25. The van der Waals surface area contributed by atoms with Crippen molar-refractivity contribution >= 4 is 17.7 Å². The lowest BCUT2D eigenvalue weighted by molar-refractivity contribution is -0.138. The number of aryl methyl sites for hydroxylation is 2. The summed E-state index contributed by atoms with van der Waals surface area (Å²) in [6, 6.07) is 5.86. The fourth-order valence-corrected chi connectivity index (χ4v) is 2.96. The molecule has 1 aromatic carbocycles. The summed E-state index contributed by atoms with van der Waals surface area (Å²) in [6.45, 7) is 4.15. The lowest BCUT2D eigenvalue weighted by Gasteiger charge is -2.12. The third-order valence-electron chi connectivity index (χ3n) is 2.91. The largest absolute Gasteiger partial charge is 0.480 e. The summed E-state index contributed by atoms with van der Waals surface area (Å²) in [5, 5.41) is 12.1. The summed E-state index contributed by atoms with van der Waals surface area (Å²) in [5.41, 5.74) is 3.68. The number of thioether (sulfide) groups is 1. The first-order valence-electron chi connectivity index (χ1n) is 5.25. The van der Waals surface area contributed by atoms with E-state index in [0.717, 1.165) is 5.56 Å². The molecular formula is C12H15NO2S. The van der Waals surface area contributed by atoms with E-state index in [1.54, 1.807) is 11.8 Å². The molecule has 1 aromatic rings. The van der Waals surface area contributed by atoms with Gasteiger partial charge in [0.25, 0.3) is 0 Å². The number of hydrogen-bond acceptors (Lipinski definition) is 3. The van der Waals surface area contributed by atoms with Crippen molar-refractivity contribution < 1.29 is 9.90 Å². The fourth-order valence-electron chi connectivity index (χ4n) is 1.73. The van der Waals surface area contributed by atoms with Crippen LogP contribution in [-0.2, 0) is 4.79 Å². The molecule has 0 amide bonds. The van der Waals surface area contributed by atoms with Crippen LogP contribution in [0.5, 0.6) is 0 Å². The maximum Gasteiger partial charge on any atom is 0.321 e. The minimum absolute atomic E-state index is 0.111.